The Labute approximate surface area is 88.1 Å². The molecule has 0 spiro atoms. The molecule has 1 amide bonds. The summed E-state index contributed by atoms with van der Waals surface area (Å²) in [4.78, 5) is 10.6. The van der Waals surface area contributed by atoms with Crippen LogP contribution in [0.3, 0.4) is 0 Å². The van der Waals surface area contributed by atoms with Crippen LogP contribution >= 0.6 is 0 Å². The molecule has 0 aliphatic rings. The number of hydrogen-bond donors (Lipinski definition) is 2. The first-order valence-electron chi connectivity index (χ1n) is 4.29. The molecule has 1 rings (SSSR count). The van der Waals surface area contributed by atoms with E-state index < -0.39 is 15.9 Å². The van der Waals surface area contributed by atoms with Crippen molar-refractivity contribution in [2.75, 3.05) is 0 Å². The molecule has 1 aromatic rings. The molecule has 0 saturated carbocycles. The summed E-state index contributed by atoms with van der Waals surface area (Å²) in [5.74, 6) is -0.420. The standard InChI is InChI=1S/C9H12N2O3S/c10-9(12)5-4-7-2-1-3-8(6-7)15(11,13)14/h1-3,6H,4-5H2,(H2,10,12)(H2,11,13,14). The van der Waals surface area contributed by atoms with Crippen LogP contribution in [0.2, 0.25) is 0 Å². The van der Waals surface area contributed by atoms with Gasteiger partial charge in [-0.1, -0.05) is 12.1 Å². The zero-order valence-electron chi connectivity index (χ0n) is 8.01. The highest BCUT2D eigenvalue weighted by atomic mass is 32.2. The maximum absolute atomic E-state index is 11.0. The average molecular weight is 228 g/mol. The first-order chi connectivity index (χ1) is 6.89. The Hall–Kier alpha value is -1.40. The number of hydrogen-bond acceptors (Lipinski definition) is 3. The number of carbonyl (C=O) groups is 1. The number of primary amides is 1. The Morgan fingerprint density at radius 2 is 2.00 bits per heavy atom. The fraction of sp³-hybridized carbons (Fsp3) is 0.222. The van der Waals surface area contributed by atoms with Gasteiger partial charge in [0.15, 0.2) is 0 Å². The second-order valence-electron chi connectivity index (χ2n) is 3.16. The average Bonchev–Trinajstić information content (AvgIpc) is 2.14. The van der Waals surface area contributed by atoms with Gasteiger partial charge in [0.05, 0.1) is 4.90 Å². The number of carbonyl (C=O) groups excluding carboxylic acids is 1. The fourth-order valence-electron chi connectivity index (χ4n) is 1.15. The van der Waals surface area contributed by atoms with Crippen LogP contribution in [0.5, 0.6) is 0 Å². The largest absolute Gasteiger partial charge is 0.370 e. The van der Waals surface area contributed by atoms with Crippen molar-refractivity contribution in [1.29, 1.82) is 0 Å². The molecule has 0 fully saturated rings. The van der Waals surface area contributed by atoms with Crippen LogP contribution in [-0.2, 0) is 21.2 Å². The Balaban J connectivity index is 2.89. The summed E-state index contributed by atoms with van der Waals surface area (Å²) in [6.45, 7) is 0. The van der Waals surface area contributed by atoms with Crippen molar-refractivity contribution in [2.24, 2.45) is 10.9 Å². The SMILES string of the molecule is NC(=O)CCc1cccc(S(N)(=O)=O)c1. The van der Waals surface area contributed by atoms with E-state index in [1.54, 1.807) is 12.1 Å². The number of sulfonamides is 1. The molecule has 5 nitrogen and oxygen atoms in total. The van der Waals surface area contributed by atoms with Gasteiger partial charge in [-0.05, 0) is 24.1 Å². The highest BCUT2D eigenvalue weighted by Crippen LogP contribution is 2.11. The monoisotopic (exact) mass is 228 g/mol. The Morgan fingerprint density at radius 3 is 2.53 bits per heavy atom. The van der Waals surface area contributed by atoms with Gasteiger partial charge in [-0.25, -0.2) is 13.6 Å². The molecular weight excluding hydrogens is 216 g/mol. The molecule has 15 heavy (non-hydrogen) atoms. The van der Waals surface area contributed by atoms with Crippen molar-refractivity contribution in [2.45, 2.75) is 17.7 Å². The summed E-state index contributed by atoms with van der Waals surface area (Å²) in [6, 6.07) is 6.15. The normalized spacial score (nSPS) is 11.3. The molecule has 0 aromatic heterocycles. The maximum atomic E-state index is 11.0. The fourth-order valence-corrected chi connectivity index (χ4v) is 1.73. The zero-order chi connectivity index (χ0) is 11.5. The third kappa shape index (κ3) is 3.69. The van der Waals surface area contributed by atoms with E-state index in [2.05, 4.69) is 0 Å². The first kappa shape index (κ1) is 11.7. The summed E-state index contributed by atoms with van der Waals surface area (Å²) < 4.78 is 22.0. The number of amides is 1. The van der Waals surface area contributed by atoms with Crippen LogP contribution in [0.25, 0.3) is 0 Å². The first-order valence-corrected chi connectivity index (χ1v) is 5.84. The molecule has 82 valence electrons. The second-order valence-corrected chi connectivity index (χ2v) is 4.72. The number of nitrogens with two attached hydrogens (primary N) is 2. The predicted molar refractivity (Wildman–Crippen MR) is 55.3 cm³/mol. The maximum Gasteiger partial charge on any atom is 0.238 e. The summed E-state index contributed by atoms with van der Waals surface area (Å²) in [6.07, 6.45) is 0.604. The lowest BCUT2D eigenvalue weighted by atomic mass is 10.1. The molecular formula is C9H12N2O3S. The number of primary sulfonamides is 1. The lowest BCUT2D eigenvalue weighted by Gasteiger charge is -2.02. The molecule has 6 heteroatoms. The quantitative estimate of drug-likeness (QED) is 0.742. The lowest BCUT2D eigenvalue weighted by Crippen LogP contribution is -2.13. The zero-order valence-corrected chi connectivity index (χ0v) is 8.83. The van der Waals surface area contributed by atoms with Crippen molar-refractivity contribution in [3.8, 4) is 0 Å². The Bertz CT molecular complexity index is 468. The minimum absolute atomic E-state index is 0.0458. The van der Waals surface area contributed by atoms with Crippen molar-refractivity contribution in [3.63, 3.8) is 0 Å². The van der Waals surface area contributed by atoms with Crippen LogP contribution in [-0.4, -0.2) is 14.3 Å². The molecule has 0 heterocycles. The van der Waals surface area contributed by atoms with E-state index in [1.807, 2.05) is 0 Å². The molecule has 0 aliphatic heterocycles. The molecule has 0 radical (unpaired) electrons. The smallest absolute Gasteiger partial charge is 0.238 e. The van der Waals surface area contributed by atoms with Crippen molar-refractivity contribution in [1.82, 2.24) is 0 Å². The van der Waals surface area contributed by atoms with E-state index >= 15 is 0 Å². The van der Waals surface area contributed by atoms with Crippen LogP contribution < -0.4 is 10.9 Å². The lowest BCUT2D eigenvalue weighted by molar-refractivity contribution is -0.117. The second kappa shape index (κ2) is 4.41. The van der Waals surface area contributed by atoms with Crippen LogP contribution in [0.1, 0.15) is 12.0 Å². The van der Waals surface area contributed by atoms with Gasteiger partial charge >= 0.3 is 0 Å². The van der Waals surface area contributed by atoms with Crippen LogP contribution in [0.4, 0.5) is 0 Å². The van der Waals surface area contributed by atoms with E-state index in [1.165, 1.54) is 12.1 Å². The van der Waals surface area contributed by atoms with Crippen molar-refractivity contribution < 1.29 is 13.2 Å². The highest BCUT2D eigenvalue weighted by molar-refractivity contribution is 7.89. The van der Waals surface area contributed by atoms with Crippen LogP contribution in [0.15, 0.2) is 29.2 Å². The van der Waals surface area contributed by atoms with Gasteiger partial charge in [0.1, 0.15) is 0 Å². The van der Waals surface area contributed by atoms with Gasteiger partial charge in [0.2, 0.25) is 15.9 Å². The van der Waals surface area contributed by atoms with Gasteiger partial charge in [0.25, 0.3) is 0 Å². The van der Waals surface area contributed by atoms with E-state index in [9.17, 15) is 13.2 Å². The minimum atomic E-state index is -3.68. The number of aryl methyl sites for hydroxylation is 1. The van der Waals surface area contributed by atoms with Gasteiger partial charge in [-0.2, -0.15) is 0 Å². The van der Waals surface area contributed by atoms with E-state index in [4.69, 9.17) is 10.9 Å². The van der Waals surface area contributed by atoms with Crippen molar-refractivity contribution >= 4 is 15.9 Å². The number of benzene rings is 1. The summed E-state index contributed by atoms with van der Waals surface area (Å²) in [5.41, 5.74) is 5.70. The highest BCUT2D eigenvalue weighted by Gasteiger charge is 2.07. The molecule has 0 bridgehead atoms. The molecule has 0 saturated heterocycles. The topological polar surface area (TPSA) is 103 Å². The third-order valence-electron chi connectivity index (χ3n) is 1.89. The number of rotatable bonds is 4. The van der Waals surface area contributed by atoms with Gasteiger partial charge in [-0.15, -0.1) is 0 Å². The molecule has 0 atom stereocenters. The Kier molecular flexibility index (Phi) is 3.43. The van der Waals surface area contributed by atoms with Gasteiger partial charge in [0, 0.05) is 6.42 Å². The van der Waals surface area contributed by atoms with Crippen molar-refractivity contribution in [3.05, 3.63) is 29.8 Å². The third-order valence-corrected chi connectivity index (χ3v) is 2.80. The van der Waals surface area contributed by atoms with E-state index in [0.717, 1.165) is 5.56 Å². The van der Waals surface area contributed by atoms with Gasteiger partial charge < -0.3 is 5.73 Å². The summed E-state index contributed by atoms with van der Waals surface area (Å²) in [5, 5.41) is 4.96. The Morgan fingerprint density at radius 1 is 1.33 bits per heavy atom. The van der Waals surface area contributed by atoms with E-state index in [0.29, 0.717) is 6.42 Å². The van der Waals surface area contributed by atoms with Gasteiger partial charge in [-0.3, -0.25) is 4.79 Å². The summed E-state index contributed by atoms with van der Waals surface area (Å²) in [7, 11) is -3.68. The van der Waals surface area contributed by atoms with E-state index in [-0.39, 0.29) is 11.3 Å². The molecule has 0 aliphatic carbocycles. The van der Waals surface area contributed by atoms with Crippen LogP contribution in [0, 0.1) is 0 Å². The minimum Gasteiger partial charge on any atom is -0.370 e. The molecule has 1 aromatic carbocycles. The summed E-state index contributed by atoms with van der Waals surface area (Å²) >= 11 is 0. The molecule has 0 unspecified atom stereocenters. The predicted octanol–water partition coefficient (Wildman–Crippen LogP) is -0.248. The molecule has 4 N–H and O–H groups in total.